The smallest absolute Gasteiger partial charge is 0.333 e. The van der Waals surface area contributed by atoms with Crippen molar-refractivity contribution in [3.05, 3.63) is 41.9 Å². The van der Waals surface area contributed by atoms with E-state index in [-0.39, 0.29) is 0 Å². The van der Waals surface area contributed by atoms with E-state index < -0.39 is 6.55 Å². The maximum absolute atomic E-state index is 12.7. The Bertz CT molecular complexity index is 840. The molecule has 0 bridgehead atoms. The van der Waals surface area contributed by atoms with Crippen LogP contribution >= 0.6 is 0 Å². The Labute approximate surface area is 131 Å². The number of para-hydroxylation sites is 1. The molecule has 23 heavy (non-hydrogen) atoms. The van der Waals surface area contributed by atoms with Crippen molar-refractivity contribution in [2.75, 3.05) is 7.11 Å². The minimum absolute atomic E-state index is 0.316. The summed E-state index contributed by atoms with van der Waals surface area (Å²) in [5.41, 5.74) is 2.03. The number of aromatic nitrogens is 5. The quantitative estimate of drug-likeness (QED) is 0.741. The van der Waals surface area contributed by atoms with Gasteiger partial charge in [0.2, 0.25) is 0 Å². The van der Waals surface area contributed by atoms with Crippen LogP contribution in [-0.4, -0.2) is 31.7 Å². The van der Waals surface area contributed by atoms with Crippen LogP contribution in [0.5, 0.6) is 5.75 Å². The van der Waals surface area contributed by atoms with Crippen LogP contribution in [0.15, 0.2) is 30.5 Å². The molecule has 0 unspecified atom stereocenters. The Morgan fingerprint density at radius 2 is 1.91 bits per heavy atom. The van der Waals surface area contributed by atoms with Gasteiger partial charge in [-0.15, -0.1) is 10.2 Å². The Balaban J connectivity index is 2.20. The van der Waals surface area contributed by atoms with Crippen LogP contribution in [0.3, 0.4) is 0 Å². The number of hydrogen-bond acceptors (Lipinski definition) is 4. The van der Waals surface area contributed by atoms with Gasteiger partial charge in [-0.2, -0.15) is 13.9 Å². The summed E-state index contributed by atoms with van der Waals surface area (Å²) in [4.78, 5) is 0. The van der Waals surface area contributed by atoms with Gasteiger partial charge in [-0.05, 0) is 31.5 Å². The molecule has 0 atom stereocenters. The molecule has 0 aliphatic rings. The molecule has 0 saturated carbocycles. The second kappa shape index (κ2) is 5.79. The number of ether oxygens (including phenoxy) is 1. The first-order valence-electron chi connectivity index (χ1n) is 6.92. The molecule has 0 spiro atoms. The second-order valence-electron chi connectivity index (χ2n) is 4.99. The molecule has 0 amide bonds. The predicted molar refractivity (Wildman–Crippen MR) is 79.9 cm³/mol. The van der Waals surface area contributed by atoms with E-state index in [0.717, 1.165) is 11.3 Å². The van der Waals surface area contributed by atoms with Crippen molar-refractivity contribution in [3.8, 4) is 23.0 Å². The van der Waals surface area contributed by atoms with E-state index in [0.29, 0.717) is 27.8 Å². The molecule has 0 fully saturated rings. The van der Waals surface area contributed by atoms with Gasteiger partial charge < -0.3 is 4.74 Å². The zero-order chi connectivity index (χ0) is 16.6. The molecule has 0 saturated heterocycles. The summed E-state index contributed by atoms with van der Waals surface area (Å²) < 4.78 is 33.2. The lowest BCUT2D eigenvalue weighted by molar-refractivity contribution is 0.0568. The summed E-state index contributed by atoms with van der Waals surface area (Å²) in [6.07, 6.45) is 1.21. The van der Waals surface area contributed by atoms with Crippen LogP contribution < -0.4 is 4.74 Å². The molecule has 6 nitrogen and oxygen atoms in total. The summed E-state index contributed by atoms with van der Waals surface area (Å²) in [6, 6.07) is 7.11. The normalized spacial score (nSPS) is 11.2. The van der Waals surface area contributed by atoms with Gasteiger partial charge >= 0.3 is 6.55 Å². The van der Waals surface area contributed by atoms with E-state index in [1.54, 1.807) is 18.6 Å². The van der Waals surface area contributed by atoms with Crippen molar-refractivity contribution in [3.63, 3.8) is 0 Å². The lowest BCUT2D eigenvalue weighted by atomic mass is 10.1. The first-order chi connectivity index (χ1) is 11.0. The summed E-state index contributed by atoms with van der Waals surface area (Å²) >= 11 is 0. The number of hydrogen-bond donors (Lipinski definition) is 0. The van der Waals surface area contributed by atoms with E-state index in [1.807, 2.05) is 25.1 Å². The zero-order valence-corrected chi connectivity index (χ0v) is 12.9. The second-order valence-corrected chi connectivity index (χ2v) is 4.99. The van der Waals surface area contributed by atoms with Crippen LogP contribution in [0.25, 0.3) is 17.2 Å². The van der Waals surface area contributed by atoms with E-state index in [4.69, 9.17) is 4.74 Å². The highest BCUT2D eigenvalue weighted by molar-refractivity contribution is 5.60. The molecule has 0 N–H and O–H groups in total. The van der Waals surface area contributed by atoms with Gasteiger partial charge in [0.25, 0.3) is 0 Å². The van der Waals surface area contributed by atoms with Crippen LogP contribution in [0.4, 0.5) is 8.78 Å². The monoisotopic (exact) mass is 319 g/mol. The topological polar surface area (TPSA) is 57.8 Å². The summed E-state index contributed by atoms with van der Waals surface area (Å²) in [7, 11) is 1.57. The fraction of sp³-hybridized carbons (Fsp3) is 0.267. The average molecular weight is 319 g/mol. The van der Waals surface area contributed by atoms with Gasteiger partial charge in [0.05, 0.1) is 12.8 Å². The number of aryl methyl sites for hydroxylation is 2. The highest BCUT2D eigenvalue weighted by atomic mass is 19.3. The largest absolute Gasteiger partial charge is 0.495 e. The first kappa shape index (κ1) is 15.1. The van der Waals surface area contributed by atoms with E-state index in [2.05, 4.69) is 15.3 Å². The lowest BCUT2D eigenvalue weighted by Crippen LogP contribution is -2.05. The molecule has 8 heteroatoms. The molecule has 3 rings (SSSR count). The van der Waals surface area contributed by atoms with Gasteiger partial charge in [0.15, 0.2) is 5.82 Å². The minimum atomic E-state index is -2.70. The predicted octanol–water partition coefficient (Wildman–Crippen LogP) is 3.15. The fourth-order valence-corrected chi connectivity index (χ4v) is 2.45. The van der Waals surface area contributed by atoms with Gasteiger partial charge in [-0.3, -0.25) is 4.57 Å². The number of halogens is 2. The van der Waals surface area contributed by atoms with Gasteiger partial charge in [-0.25, -0.2) is 4.68 Å². The maximum atomic E-state index is 12.7. The van der Waals surface area contributed by atoms with E-state index in [1.165, 1.54) is 12.3 Å². The zero-order valence-electron chi connectivity index (χ0n) is 12.9. The molecular weight excluding hydrogens is 304 g/mol. The number of rotatable bonds is 4. The Morgan fingerprint density at radius 3 is 2.57 bits per heavy atom. The van der Waals surface area contributed by atoms with Crippen molar-refractivity contribution in [2.45, 2.75) is 20.4 Å². The lowest BCUT2D eigenvalue weighted by Gasteiger charge is -2.14. The Hall–Kier alpha value is -2.77. The number of alkyl halides is 2. The van der Waals surface area contributed by atoms with Gasteiger partial charge in [-0.1, -0.05) is 12.1 Å². The maximum Gasteiger partial charge on any atom is 0.333 e. The van der Waals surface area contributed by atoms with Crippen LogP contribution in [0, 0.1) is 13.8 Å². The van der Waals surface area contributed by atoms with Crippen molar-refractivity contribution in [1.82, 2.24) is 24.5 Å². The van der Waals surface area contributed by atoms with Crippen molar-refractivity contribution >= 4 is 0 Å². The molecule has 2 heterocycles. The number of methoxy groups -OCH3 is 1. The molecule has 2 aromatic heterocycles. The van der Waals surface area contributed by atoms with E-state index in [9.17, 15) is 8.78 Å². The van der Waals surface area contributed by atoms with Gasteiger partial charge in [0.1, 0.15) is 17.3 Å². The molecular formula is C15H15F2N5O. The molecule has 3 aromatic rings. The van der Waals surface area contributed by atoms with Crippen molar-refractivity contribution in [1.29, 1.82) is 0 Å². The highest BCUT2D eigenvalue weighted by Gasteiger charge is 2.20. The molecule has 120 valence electrons. The third-order valence-electron chi connectivity index (χ3n) is 3.51. The van der Waals surface area contributed by atoms with E-state index >= 15 is 0 Å². The summed E-state index contributed by atoms with van der Waals surface area (Å²) in [5, 5.41) is 12.0. The average Bonchev–Trinajstić information content (AvgIpc) is 3.14. The standard InChI is InChI=1S/C15H15F2N5O/c1-9-5-4-6-12(23-3)13(9)22-10(2)18-19-14(22)11-7-8-21(20-11)15(16)17/h4-8,15H,1-3H3. The highest BCUT2D eigenvalue weighted by Crippen LogP contribution is 2.31. The molecule has 1 aromatic carbocycles. The van der Waals surface area contributed by atoms with Crippen molar-refractivity contribution < 1.29 is 13.5 Å². The number of benzene rings is 1. The van der Waals surface area contributed by atoms with Crippen LogP contribution in [-0.2, 0) is 0 Å². The minimum Gasteiger partial charge on any atom is -0.495 e. The first-order valence-corrected chi connectivity index (χ1v) is 6.92. The molecule has 0 aliphatic heterocycles. The Morgan fingerprint density at radius 1 is 1.13 bits per heavy atom. The molecule has 0 radical (unpaired) electrons. The SMILES string of the molecule is COc1cccc(C)c1-n1c(C)nnc1-c1ccn(C(F)F)n1. The van der Waals surface area contributed by atoms with Crippen LogP contribution in [0.2, 0.25) is 0 Å². The van der Waals surface area contributed by atoms with Crippen molar-refractivity contribution in [2.24, 2.45) is 0 Å². The number of nitrogens with zero attached hydrogens (tertiary/aromatic N) is 5. The third kappa shape index (κ3) is 2.56. The summed E-state index contributed by atoms with van der Waals surface area (Å²) in [6.45, 7) is 1.01. The summed E-state index contributed by atoms with van der Waals surface area (Å²) in [5.74, 6) is 1.64. The Kier molecular flexibility index (Phi) is 3.81. The third-order valence-corrected chi connectivity index (χ3v) is 3.51. The van der Waals surface area contributed by atoms with Gasteiger partial charge in [0, 0.05) is 6.20 Å². The fourth-order valence-electron chi connectivity index (χ4n) is 2.45. The van der Waals surface area contributed by atoms with Crippen LogP contribution in [0.1, 0.15) is 17.9 Å². The molecule has 0 aliphatic carbocycles.